The van der Waals surface area contributed by atoms with Gasteiger partial charge >= 0.3 is 6.03 Å². The van der Waals surface area contributed by atoms with Crippen LogP contribution in [0.4, 0.5) is 4.79 Å². The number of hydrogen-bond acceptors (Lipinski definition) is 3. The molecule has 0 aliphatic rings. The first kappa shape index (κ1) is 10.1. The molecule has 0 aromatic rings. The first-order chi connectivity index (χ1) is 5.60. The highest BCUT2D eigenvalue weighted by molar-refractivity contribution is 6.07. The Hall–Kier alpha value is -1.91. The summed E-state index contributed by atoms with van der Waals surface area (Å²) in [4.78, 5) is 31.6. The molecule has 0 aliphatic heterocycles. The van der Waals surface area contributed by atoms with E-state index >= 15 is 0 Å². The molecule has 12 heavy (non-hydrogen) atoms. The second kappa shape index (κ2) is 4.84. The molecule has 0 radical (unpaired) electrons. The van der Waals surface area contributed by atoms with Crippen molar-refractivity contribution in [2.75, 3.05) is 0 Å². The Morgan fingerprint density at radius 1 is 0.917 bits per heavy atom. The highest BCUT2D eigenvalue weighted by atomic mass is 16.2. The molecule has 0 aromatic heterocycles. The summed E-state index contributed by atoms with van der Waals surface area (Å²) in [7, 11) is 0. The van der Waals surface area contributed by atoms with Crippen LogP contribution in [-0.4, -0.2) is 17.8 Å². The van der Waals surface area contributed by atoms with Gasteiger partial charge in [0.05, 0.1) is 0 Å². The predicted octanol–water partition coefficient (Wildman–Crippen LogP) is -0.289. The monoisotopic (exact) mass is 168 g/mol. The van der Waals surface area contributed by atoms with Crippen molar-refractivity contribution < 1.29 is 14.4 Å². The Bertz CT molecular complexity index is 221. The van der Waals surface area contributed by atoms with E-state index in [2.05, 4.69) is 13.2 Å². The van der Waals surface area contributed by atoms with Crippen molar-refractivity contribution >= 4 is 17.8 Å². The van der Waals surface area contributed by atoms with Crippen molar-refractivity contribution in [3.63, 3.8) is 0 Å². The number of carbonyl (C=O) groups is 3. The molecule has 0 aliphatic carbocycles. The molecule has 5 nitrogen and oxygen atoms in total. The van der Waals surface area contributed by atoms with Crippen LogP contribution < -0.4 is 10.6 Å². The SMILES string of the molecule is C=CC(=O)NC(=O)NC(=O)C=C. The minimum absolute atomic E-state index is 0.677. The van der Waals surface area contributed by atoms with Gasteiger partial charge in [-0.15, -0.1) is 0 Å². The third-order valence-electron chi connectivity index (χ3n) is 0.844. The Labute approximate surface area is 69.1 Å². The van der Waals surface area contributed by atoms with Crippen LogP contribution in [0.25, 0.3) is 0 Å². The Balaban J connectivity index is 3.89. The molecule has 0 aromatic carbocycles. The fraction of sp³-hybridized carbons (Fsp3) is 0. The van der Waals surface area contributed by atoms with Gasteiger partial charge in [-0.25, -0.2) is 4.79 Å². The van der Waals surface area contributed by atoms with Crippen molar-refractivity contribution in [3.05, 3.63) is 25.3 Å². The van der Waals surface area contributed by atoms with Crippen LogP contribution in [0, 0.1) is 0 Å². The maximum atomic E-state index is 10.6. The maximum Gasteiger partial charge on any atom is 0.328 e. The fourth-order valence-electron chi connectivity index (χ4n) is 0.357. The summed E-state index contributed by atoms with van der Waals surface area (Å²) >= 11 is 0. The van der Waals surface area contributed by atoms with Gasteiger partial charge in [-0.05, 0) is 12.2 Å². The van der Waals surface area contributed by atoms with E-state index in [1.807, 2.05) is 10.6 Å². The van der Waals surface area contributed by atoms with E-state index in [0.29, 0.717) is 0 Å². The van der Waals surface area contributed by atoms with Crippen molar-refractivity contribution in [2.24, 2.45) is 0 Å². The lowest BCUT2D eigenvalue weighted by Gasteiger charge is -1.99. The Kier molecular flexibility index (Phi) is 4.07. The van der Waals surface area contributed by atoms with Crippen LogP contribution >= 0.6 is 0 Å². The van der Waals surface area contributed by atoms with Crippen molar-refractivity contribution in [2.45, 2.75) is 0 Å². The highest BCUT2D eigenvalue weighted by Gasteiger charge is 2.05. The van der Waals surface area contributed by atoms with Crippen LogP contribution in [-0.2, 0) is 9.59 Å². The Morgan fingerprint density at radius 3 is 1.50 bits per heavy atom. The number of imide groups is 2. The van der Waals surface area contributed by atoms with Gasteiger partial charge in [-0.3, -0.25) is 20.2 Å². The summed E-state index contributed by atoms with van der Waals surface area (Å²) in [5.74, 6) is -1.35. The van der Waals surface area contributed by atoms with Crippen molar-refractivity contribution in [3.8, 4) is 0 Å². The molecule has 0 fully saturated rings. The maximum absolute atomic E-state index is 10.6. The summed E-state index contributed by atoms with van der Waals surface area (Å²) < 4.78 is 0. The van der Waals surface area contributed by atoms with E-state index in [-0.39, 0.29) is 0 Å². The zero-order valence-corrected chi connectivity index (χ0v) is 6.29. The molecule has 0 unspecified atom stereocenters. The first-order valence-corrected chi connectivity index (χ1v) is 3.01. The number of amides is 4. The molecule has 0 bridgehead atoms. The summed E-state index contributed by atoms with van der Waals surface area (Å²) in [6.45, 7) is 6.23. The standard InChI is InChI=1S/C7H8N2O3/c1-3-5(10)8-7(12)9-6(11)4-2/h3-4H,1-2H2,(H2,8,9,10,11,12). The second-order valence-corrected chi connectivity index (χ2v) is 1.72. The largest absolute Gasteiger partial charge is 0.328 e. The Morgan fingerprint density at radius 2 is 1.25 bits per heavy atom. The number of carbonyl (C=O) groups excluding carboxylic acids is 3. The van der Waals surface area contributed by atoms with Crippen LogP contribution in [0.15, 0.2) is 25.3 Å². The average Bonchev–Trinajstić information content (AvgIpc) is 2.03. The number of rotatable bonds is 2. The molecule has 4 amide bonds. The summed E-state index contributed by atoms with van der Waals surface area (Å²) in [5, 5.41) is 3.64. The van der Waals surface area contributed by atoms with Gasteiger partial charge in [0, 0.05) is 0 Å². The topological polar surface area (TPSA) is 75.3 Å². The summed E-state index contributed by atoms with van der Waals surface area (Å²) in [6.07, 6.45) is 1.83. The first-order valence-electron chi connectivity index (χ1n) is 3.01. The molecule has 0 spiro atoms. The van der Waals surface area contributed by atoms with Gasteiger partial charge in [-0.2, -0.15) is 0 Å². The van der Waals surface area contributed by atoms with Crippen LogP contribution in [0.3, 0.4) is 0 Å². The van der Waals surface area contributed by atoms with E-state index in [1.165, 1.54) is 0 Å². The normalized spacial score (nSPS) is 8.00. The minimum atomic E-state index is -0.898. The molecule has 0 atom stereocenters. The zero-order chi connectivity index (χ0) is 9.56. The molecule has 0 heterocycles. The van der Waals surface area contributed by atoms with Gasteiger partial charge in [0.1, 0.15) is 0 Å². The summed E-state index contributed by atoms with van der Waals surface area (Å²) in [5.41, 5.74) is 0. The lowest BCUT2D eigenvalue weighted by atomic mass is 10.5. The minimum Gasteiger partial charge on any atom is -0.274 e. The van der Waals surface area contributed by atoms with Gasteiger partial charge < -0.3 is 0 Å². The van der Waals surface area contributed by atoms with Gasteiger partial charge in [0.15, 0.2) is 0 Å². The van der Waals surface area contributed by atoms with Crippen LogP contribution in [0.5, 0.6) is 0 Å². The van der Waals surface area contributed by atoms with E-state index in [9.17, 15) is 14.4 Å². The zero-order valence-electron chi connectivity index (χ0n) is 6.29. The van der Waals surface area contributed by atoms with Gasteiger partial charge in [0.25, 0.3) is 11.8 Å². The molecule has 5 heteroatoms. The summed E-state index contributed by atoms with van der Waals surface area (Å²) in [6, 6.07) is -0.898. The number of urea groups is 1. The number of nitrogens with one attached hydrogen (secondary N) is 2. The van der Waals surface area contributed by atoms with Crippen LogP contribution in [0.1, 0.15) is 0 Å². The second-order valence-electron chi connectivity index (χ2n) is 1.72. The quantitative estimate of drug-likeness (QED) is 0.556. The molecule has 0 saturated carbocycles. The lowest BCUT2D eigenvalue weighted by molar-refractivity contribution is -0.116. The van der Waals surface area contributed by atoms with Gasteiger partial charge in [-0.1, -0.05) is 13.2 Å². The third kappa shape index (κ3) is 3.99. The lowest BCUT2D eigenvalue weighted by Crippen LogP contribution is -2.41. The average molecular weight is 168 g/mol. The number of hydrogen-bond donors (Lipinski definition) is 2. The molecule has 64 valence electrons. The van der Waals surface area contributed by atoms with E-state index in [1.54, 1.807) is 0 Å². The third-order valence-corrected chi connectivity index (χ3v) is 0.844. The molecular weight excluding hydrogens is 160 g/mol. The van der Waals surface area contributed by atoms with E-state index < -0.39 is 17.8 Å². The smallest absolute Gasteiger partial charge is 0.274 e. The highest BCUT2D eigenvalue weighted by Crippen LogP contribution is 1.71. The molecule has 2 N–H and O–H groups in total. The molecule has 0 rings (SSSR count). The molecular formula is C7H8N2O3. The van der Waals surface area contributed by atoms with Crippen molar-refractivity contribution in [1.29, 1.82) is 0 Å². The van der Waals surface area contributed by atoms with Crippen LogP contribution in [0.2, 0.25) is 0 Å². The fourth-order valence-corrected chi connectivity index (χ4v) is 0.357. The predicted molar refractivity (Wildman–Crippen MR) is 42.1 cm³/mol. The van der Waals surface area contributed by atoms with E-state index in [0.717, 1.165) is 12.2 Å². The van der Waals surface area contributed by atoms with Gasteiger partial charge in [0.2, 0.25) is 0 Å². The van der Waals surface area contributed by atoms with E-state index in [4.69, 9.17) is 0 Å². The van der Waals surface area contributed by atoms with Crippen molar-refractivity contribution in [1.82, 2.24) is 10.6 Å². The molecule has 0 saturated heterocycles.